The lowest BCUT2D eigenvalue weighted by Gasteiger charge is -2.21. The average Bonchev–Trinajstić information content (AvgIpc) is 2.60. The van der Waals surface area contributed by atoms with E-state index in [-0.39, 0.29) is 18.6 Å². The highest BCUT2D eigenvalue weighted by atomic mass is 16.5. The molecular weight excluding hydrogens is 316 g/mol. The lowest BCUT2D eigenvalue weighted by Crippen LogP contribution is -2.33. The van der Waals surface area contributed by atoms with Gasteiger partial charge in [0.25, 0.3) is 5.91 Å². The van der Waals surface area contributed by atoms with Crippen molar-refractivity contribution in [3.63, 3.8) is 0 Å². The summed E-state index contributed by atoms with van der Waals surface area (Å²) in [6.07, 6.45) is 0.850. The normalized spacial score (nSPS) is 11.8. The molecule has 0 saturated heterocycles. The Hall–Kier alpha value is -2.82. The van der Waals surface area contributed by atoms with Gasteiger partial charge in [-0.3, -0.25) is 9.59 Å². The number of carbonyl (C=O) groups excluding carboxylic acids is 2. The molecule has 0 heterocycles. The molecule has 25 heavy (non-hydrogen) atoms. The van der Waals surface area contributed by atoms with Crippen LogP contribution in [0.15, 0.2) is 54.6 Å². The Morgan fingerprint density at radius 2 is 1.68 bits per heavy atom. The third-order valence-electron chi connectivity index (χ3n) is 3.75. The van der Waals surface area contributed by atoms with Crippen LogP contribution in [-0.2, 0) is 4.79 Å². The Kier molecular flexibility index (Phi) is 6.57. The molecule has 2 aromatic carbocycles. The number of ether oxygens (including phenoxy) is 1. The number of nitrogens with one attached hydrogen (secondary N) is 1. The monoisotopic (exact) mass is 340 g/mol. The maximum absolute atomic E-state index is 12.2. The van der Waals surface area contributed by atoms with Crippen molar-refractivity contribution in [3.8, 4) is 5.75 Å². The standard InChI is InChI=1S/C20H24N2O3/c1-14(2)12-18(15-6-4-3-5-7-15)22-19(23)13-25-17-10-8-16(9-11-17)20(21)24/h3-11,14,18H,12-13H2,1-2H3,(H2,21,24)(H,22,23)/t18-/m0/s1. The second-order valence-electron chi connectivity index (χ2n) is 6.34. The summed E-state index contributed by atoms with van der Waals surface area (Å²) in [4.78, 5) is 23.3. The lowest BCUT2D eigenvalue weighted by atomic mass is 9.97. The fraction of sp³-hybridized carbons (Fsp3) is 0.300. The highest BCUT2D eigenvalue weighted by molar-refractivity contribution is 5.92. The van der Waals surface area contributed by atoms with E-state index in [0.29, 0.717) is 17.2 Å². The molecule has 0 aliphatic heterocycles. The average molecular weight is 340 g/mol. The Bertz CT molecular complexity index is 697. The molecule has 0 unspecified atom stereocenters. The smallest absolute Gasteiger partial charge is 0.258 e. The third kappa shape index (κ3) is 5.95. The summed E-state index contributed by atoms with van der Waals surface area (Å²) in [6, 6.07) is 16.2. The van der Waals surface area contributed by atoms with Gasteiger partial charge in [0.15, 0.2) is 6.61 Å². The molecule has 132 valence electrons. The SMILES string of the molecule is CC(C)C[C@H](NC(=O)COc1ccc(C(N)=O)cc1)c1ccccc1. The number of primary amides is 1. The van der Waals surface area contributed by atoms with E-state index < -0.39 is 5.91 Å². The predicted octanol–water partition coefficient (Wildman–Crippen LogP) is 3.07. The summed E-state index contributed by atoms with van der Waals surface area (Å²) >= 11 is 0. The van der Waals surface area contributed by atoms with Gasteiger partial charge in [0, 0.05) is 5.56 Å². The zero-order valence-electron chi connectivity index (χ0n) is 14.6. The summed E-state index contributed by atoms with van der Waals surface area (Å²) in [7, 11) is 0. The van der Waals surface area contributed by atoms with Gasteiger partial charge in [0.2, 0.25) is 5.91 Å². The number of hydrogen-bond donors (Lipinski definition) is 2. The van der Waals surface area contributed by atoms with Crippen LogP contribution >= 0.6 is 0 Å². The Balaban J connectivity index is 1.93. The minimum Gasteiger partial charge on any atom is -0.484 e. The fourth-order valence-electron chi connectivity index (χ4n) is 2.54. The van der Waals surface area contributed by atoms with Crippen LogP contribution in [-0.4, -0.2) is 18.4 Å². The van der Waals surface area contributed by atoms with Crippen molar-refractivity contribution in [1.29, 1.82) is 0 Å². The van der Waals surface area contributed by atoms with E-state index >= 15 is 0 Å². The summed E-state index contributed by atoms with van der Waals surface area (Å²) in [5.41, 5.74) is 6.67. The molecule has 5 nitrogen and oxygen atoms in total. The van der Waals surface area contributed by atoms with Crippen molar-refractivity contribution in [2.45, 2.75) is 26.3 Å². The molecule has 2 aromatic rings. The molecule has 0 saturated carbocycles. The highest BCUT2D eigenvalue weighted by Crippen LogP contribution is 2.21. The largest absolute Gasteiger partial charge is 0.484 e. The van der Waals surface area contributed by atoms with Crippen LogP contribution in [0.5, 0.6) is 5.75 Å². The molecular formula is C20H24N2O3. The predicted molar refractivity (Wildman–Crippen MR) is 97.2 cm³/mol. The maximum atomic E-state index is 12.2. The van der Waals surface area contributed by atoms with E-state index in [1.165, 1.54) is 0 Å². The van der Waals surface area contributed by atoms with Crippen LogP contribution in [0, 0.1) is 5.92 Å². The summed E-state index contributed by atoms with van der Waals surface area (Å²) < 4.78 is 5.48. The van der Waals surface area contributed by atoms with Gasteiger partial charge in [-0.05, 0) is 42.2 Å². The molecule has 0 fully saturated rings. The molecule has 2 rings (SSSR count). The van der Waals surface area contributed by atoms with Crippen LogP contribution in [0.2, 0.25) is 0 Å². The van der Waals surface area contributed by atoms with Gasteiger partial charge in [0.1, 0.15) is 5.75 Å². The van der Waals surface area contributed by atoms with Crippen molar-refractivity contribution < 1.29 is 14.3 Å². The minimum atomic E-state index is -0.497. The van der Waals surface area contributed by atoms with Crippen molar-refractivity contribution >= 4 is 11.8 Å². The molecule has 5 heteroatoms. The molecule has 3 N–H and O–H groups in total. The third-order valence-corrected chi connectivity index (χ3v) is 3.75. The number of hydrogen-bond acceptors (Lipinski definition) is 3. The first-order chi connectivity index (χ1) is 12.0. The van der Waals surface area contributed by atoms with E-state index in [1.54, 1.807) is 24.3 Å². The van der Waals surface area contributed by atoms with Gasteiger partial charge in [-0.2, -0.15) is 0 Å². The van der Waals surface area contributed by atoms with Gasteiger partial charge in [0.05, 0.1) is 6.04 Å². The van der Waals surface area contributed by atoms with Crippen LogP contribution in [0.1, 0.15) is 42.2 Å². The summed E-state index contributed by atoms with van der Waals surface area (Å²) in [5.74, 6) is 0.283. The van der Waals surface area contributed by atoms with Gasteiger partial charge in [-0.25, -0.2) is 0 Å². The van der Waals surface area contributed by atoms with Crippen molar-refractivity contribution in [1.82, 2.24) is 5.32 Å². The minimum absolute atomic E-state index is 0.0467. The maximum Gasteiger partial charge on any atom is 0.258 e. The first-order valence-electron chi connectivity index (χ1n) is 8.32. The molecule has 0 aliphatic rings. The van der Waals surface area contributed by atoms with Crippen LogP contribution in [0.4, 0.5) is 0 Å². The van der Waals surface area contributed by atoms with Gasteiger partial charge in [-0.1, -0.05) is 44.2 Å². The molecule has 1 atom stereocenters. The van der Waals surface area contributed by atoms with E-state index in [1.807, 2.05) is 30.3 Å². The number of nitrogens with two attached hydrogens (primary N) is 1. The summed E-state index contributed by atoms with van der Waals surface area (Å²) in [5, 5.41) is 3.03. The van der Waals surface area contributed by atoms with Gasteiger partial charge >= 0.3 is 0 Å². The van der Waals surface area contributed by atoms with Gasteiger partial charge < -0.3 is 15.8 Å². The van der Waals surface area contributed by atoms with E-state index in [4.69, 9.17) is 10.5 Å². The first kappa shape index (κ1) is 18.5. The van der Waals surface area contributed by atoms with E-state index in [0.717, 1.165) is 12.0 Å². The van der Waals surface area contributed by atoms with Crippen molar-refractivity contribution in [2.24, 2.45) is 11.7 Å². The quantitative estimate of drug-likeness (QED) is 0.775. The second kappa shape index (κ2) is 8.87. The first-order valence-corrected chi connectivity index (χ1v) is 8.32. The Labute approximate surface area is 148 Å². The van der Waals surface area contributed by atoms with Gasteiger partial charge in [-0.15, -0.1) is 0 Å². The van der Waals surface area contributed by atoms with Crippen LogP contribution in [0.25, 0.3) is 0 Å². The molecule has 0 radical (unpaired) electrons. The number of carbonyl (C=O) groups is 2. The molecule has 0 spiro atoms. The number of amides is 2. The van der Waals surface area contributed by atoms with Crippen molar-refractivity contribution in [3.05, 3.63) is 65.7 Å². The highest BCUT2D eigenvalue weighted by Gasteiger charge is 2.16. The topological polar surface area (TPSA) is 81.4 Å². The number of rotatable bonds is 8. The Morgan fingerprint density at radius 1 is 1.04 bits per heavy atom. The molecule has 2 amide bonds. The second-order valence-corrected chi connectivity index (χ2v) is 6.34. The fourth-order valence-corrected chi connectivity index (χ4v) is 2.54. The molecule has 0 aliphatic carbocycles. The van der Waals surface area contributed by atoms with E-state index in [2.05, 4.69) is 19.2 Å². The zero-order chi connectivity index (χ0) is 18.2. The zero-order valence-corrected chi connectivity index (χ0v) is 14.6. The summed E-state index contributed by atoms with van der Waals surface area (Å²) in [6.45, 7) is 4.16. The lowest BCUT2D eigenvalue weighted by molar-refractivity contribution is -0.124. The van der Waals surface area contributed by atoms with Crippen LogP contribution < -0.4 is 15.8 Å². The van der Waals surface area contributed by atoms with Crippen LogP contribution in [0.3, 0.4) is 0 Å². The van der Waals surface area contributed by atoms with E-state index in [9.17, 15) is 9.59 Å². The van der Waals surface area contributed by atoms with Crippen molar-refractivity contribution in [2.75, 3.05) is 6.61 Å². The number of benzene rings is 2. The molecule has 0 aromatic heterocycles. The Morgan fingerprint density at radius 3 is 2.24 bits per heavy atom. The molecule has 0 bridgehead atoms.